The van der Waals surface area contributed by atoms with Crippen molar-refractivity contribution in [2.75, 3.05) is 26.2 Å². The minimum absolute atomic E-state index is 0.0175. The van der Waals surface area contributed by atoms with Gasteiger partial charge in [-0.2, -0.15) is 0 Å². The van der Waals surface area contributed by atoms with E-state index >= 15 is 0 Å². The topological polar surface area (TPSA) is 114 Å². The van der Waals surface area contributed by atoms with Crippen LogP contribution in [0, 0.1) is 0 Å². The van der Waals surface area contributed by atoms with Gasteiger partial charge in [0, 0.05) is 52.2 Å². The Morgan fingerprint density at radius 2 is 1.39 bits per heavy atom. The zero-order valence-electron chi connectivity index (χ0n) is 21.7. The van der Waals surface area contributed by atoms with Crippen LogP contribution in [0.5, 0.6) is 17.2 Å². The first-order chi connectivity index (χ1) is 18.3. The lowest BCUT2D eigenvalue weighted by Crippen LogP contribution is -2.33. The van der Waals surface area contributed by atoms with Crippen molar-refractivity contribution in [1.82, 2.24) is 15.5 Å². The van der Waals surface area contributed by atoms with E-state index in [0.29, 0.717) is 49.7 Å². The van der Waals surface area contributed by atoms with Crippen LogP contribution in [0.15, 0.2) is 54.6 Å². The molecule has 2 N–H and O–H groups in total. The molecule has 9 nitrogen and oxygen atoms in total. The maximum absolute atomic E-state index is 12.3. The Morgan fingerprint density at radius 3 is 2.05 bits per heavy atom. The van der Waals surface area contributed by atoms with Gasteiger partial charge in [-0.1, -0.05) is 18.2 Å². The van der Waals surface area contributed by atoms with Gasteiger partial charge in [-0.05, 0) is 66.8 Å². The molecule has 2 aliphatic heterocycles. The van der Waals surface area contributed by atoms with E-state index in [1.165, 1.54) is 26.0 Å². The van der Waals surface area contributed by atoms with E-state index < -0.39 is 5.97 Å². The molecular formula is C29H33N3O6. The van der Waals surface area contributed by atoms with Gasteiger partial charge < -0.3 is 25.0 Å². The van der Waals surface area contributed by atoms with Gasteiger partial charge in [-0.25, -0.2) is 0 Å². The SMILES string of the molecule is CC(=O)Oc1ccc2cc1Oc1ccc(cc1)C=CC(=O)NCCCN(C(C)=O)CCCCNC(=O)C=C2. The molecule has 0 atom stereocenters. The third-order valence-corrected chi connectivity index (χ3v) is 5.69. The standard InChI is InChI=1S/C29H33N3O6/c1-21(33)32-18-4-3-16-30-29(36)15-10-24-8-13-26(37-22(2)34)27(20-24)38-25-11-6-23(7-12-25)9-14-28(35)31-17-5-19-32/h6-15,20H,3-5,16-19H2,1-2H3,(H,30,36)(H,31,35). The molecule has 0 saturated heterocycles. The smallest absolute Gasteiger partial charge is 0.308 e. The van der Waals surface area contributed by atoms with E-state index in [-0.39, 0.29) is 23.5 Å². The maximum Gasteiger partial charge on any atom is 0.308 e. The second-order valence-corrected chi connectivity index (χ2v) is 8.79. The zero-order valence-corrected chi connectivity index (χ0v) is 21.7. The van der Waals surface area contributed by atoms with Crippen LogP contribution in [0.3, 0.4) is 0 Å². The van der Waals surface area contributed by atoms with Crippen LogP contribution in [0.4, 0.5) is 0 Å². The molecule has 2 heterocycles. The Morgan fingerprint density at radius 1 is 0.789 bits per heavy atom. The highest BCUT2D eigenvalue weighted by atomic mass is 16.6. The van der Waals surface area contributed by atoms with Gasteiger partial charge in [-0.15, -0.1) is 0 Å². The summed E-state index contributed by atoms with van der Waals surface area (Å²) in [6.45, 7) is 4.90. The van der Waals surface area contributed by atoms with Crippen LogP contribution >= 0.6 is 0 Å². The lowest BCUT2D eigenvalue weighted by molar-refractivity contribution is -0.132. The Labute approximate surface area is 222 Å². The summed E-state index contributed by atoms with van der Waals surface area (Å²) in [6, 6.07) is 12.1. The number of fused-ring (bicyclic) bond motifs is 15. The zero-order chi connectivity index (χ0) is 27.3. The Hall–Kier alpha value is -4.40. The third kappa shape index (κ3) is 9.57. The molecule has 4 rings (SSSR count). The molecule has 38 heavy (non-hydrogen) atoms. The molecule has 0 radical (unpaired) electrons. The van der Waals surface area contributed by atoms with Gasteiger partial charge in [-0.3, -0.25) is 19.2 Å². The number of amides is 3. The summed E-state index contributed by atoms with van der Waals surface area (Å²) in [5.41, 5.74) is 1.48. The van der Waals surface area contributed by atoms with E-state index in [1.807, 2.05) is 0 Å². The summed E-state index contributed by atoms with van der Waals surface area (Å²) < 4.78 is 11.2. The number of hydrogen-bond donors (Lipinski definition) is 2. The van der Waals surface area contributed by atoms with E-state index in [2.05, 4.69) is 10.6 Å². The predicted molar refractivity (Wildman–Crippen MR) is 144 cm³/mol. The first-order valence-electron chi connectivity index (χ1n) is 12.6. The number of esters is 1. The number of nitrogens with zero attached hydrogens (tertiary/aromatic N) is 1. The lowest BCUT2D eigenvalue weighted by Gasteiger charge is -2.21. The molecule has 200 valence electrons. The fourth-order valence-electron chi connectivity index (χ4n) is 3.73. The number of nitrogens with one attached hydrogen (secondary N) is 2. The average molecular weight is 520 g/mol. The molecule has 0 aliphatic carbocycles. The number of hydrogen-bond acceptors (Lipinski definition) is 6. The Balaban J connectivity index is 1.80. The fourth-order valence-corrected chi connectivity index (χ4v) is 3.73. The van der Waals surface area contributed by atoms with Crippen molar-refractivity contribution >= 4 is 35.8 Å². The van der Waals surface area contributed by atoms with E-state index in [9.17, 15) is 19.2 Å². The highest BCUT2D eigenvalue weighted by Crippen LogP contribution is 2.33. The second kappa shape index (κ2) is 14.4. The summed E-state index contributed by atoms with van der Waals surface area (Å²) in [4.78, 5) is 49.7. The summed E-state index contributed by atoms with van der Waals surface area (Å²) in [6.07, 6.45) is 8.34. The molecule has 0 fully saturated rings. The second-order valence-electron chi connectivity index (χ2n) is 8.79. The molecule has 2 aromatic rings. The minimum atomic E-state index is -0.484. The lowest BCUT2D eigenvalue weighted by atomic mass is 10.1. The number of rotatable bonds is 1. The summed E-state index contributed by atoms with van der Waals surface area (Å²) in [5.74, 6) is 0.104. The van der Waals surface area contributed by atoms with Crippen molar-refractivity contribution in [1.29, 1.82) is 0 Å². The van der Waals surface area contributed by atoms with Gasteiger partial charge >= 0.3 is 5.97 Å². The number of carbonyl (C=O) groups is 4. The Kier molecular flexibility index (Phi) is 10.7. The molecule has 0 spiro atoms. The van der Waals surface area contributed by atoms with E-state index in [4.69, 9.17) is 9.47 Å². The average Bonchev–Trinajstić information content (AvgIpc) is 2.88. The number of carbonyl (C=O) groups excluding carboxylic acids is 4. The molecule has 3 amide bonds. The van der Waals surface area contributed by atoms with Crippen LogP contribution in [0.25, 0.3) is 12.2 Å². The monoisotopic (exact) mass is 519 g/mol. The molecule has 0 saturated carbocycles. The van der Waals surface area contributed by atoms with E-state index in [1.54, 1.807) is 59.5 Å². The molecule has 2 aliphatic rings. The molecule has 4 bridgehead atoms. The minimum Gasteiger partial charge on any atom is -0.453 e. The summed E-state index contributed by atoms with van der Waals surface area (Å²) >= 11 is 0. The van der Waals surface area contributed by atoms with Gasteiger partial charge in [0.1, 0.15) is 5.75 Å². The fraction of sp³-hybridized carbons (Fsp3) is 0.310. The third-order valence-electron chi connectivity index (χ3n) is 5.69. The van der Waals surface area contributed by atoms with Crippen molar-refractivity contribution in [3.8, 4) is 17.2 Å². The van der Waals surface area contributed by atoms with Crippen molar-refractivity contribution in [2.45, 2.75) is 33.1 Å². The normalized spacial score (nSPS) is 15.6. The van der Waals surface area contributed by atoms with E-state index in [0.717, 1.165) is 18.4 Å². The maximum atomic E-state index is 12.3. The van der Waals surface area contributed by atoms with Crippen LogP contribution in [0.2, 0.25) is 0 Å². The number of benzene rings is 2. The molecular weight excluding hydrogens is 486 g/mol. The van der Waals surface area contributed by atoms with Gasteiger partial charge in [0.15, 0.2) is 11.5 Å². The molecule has 9 heteroatoms. The number of ether oxygens (including phenoxy) is 2. The first-order valence-corrected chi connectivity index (χ1v) is 12.6. The predicted octanol–water partition coefficient (Wildman–Crippen LogP) is 3.70. The van der Waals surface area contributed by atoms with Crippen molar-refractivity contribution < 1.29 is 28.7 Å². The summed E-state index contributed by atoms with van der Waals surface area (Å²) in [7, 11) is 0. The molecule has 2 aromatic carbocycles. The highest BCUT2D eigenvalue weighted by Gasteiger charge is 2.11. The highest BCUT2D eigenvalue weighted by molar-refractivity contribution is 5.92. The van der Waals surface area contributed by atoms with Crippen LogP contribution < -0.4 is 20.1 Å². The van der Waals surface area contributed by atoms with Gasteiger partial charge in [0.05, 0.1) is 0 Å². The molecule has 0 aromatic heterocycles. The van der Waals surface area contributed by atoms with Crippen LogP contribution in [-0.4, -0.2) is 54.8 Å². The largest absolute Gasteiger partial charge is 0.453 e. The Bertz CT molecular complexity index is 1200. The van der Waals surface area contributed by atoms with Gasteiger partial charge in [0.2, 0.25) is 17.7 Å². The van der Waals surface area contributed by atoms with Crippen molar-refractivity contribution in [3.05, 3.63) is 65.7 Å². The van der Waals surface area contributed by atoms with Gasteiger partial charge in [0.25, 0.3) is 0 Å². The van der Waals surface area contributed by atoms with Crippen LogP contribution in [0.1, 0.15) is 44.2 Å². The quantitative estimate of drug-likeness (QED) is 0.439. The van der Waals surface area contributed by atoms with Crippen LogP contribution in [-0.2, 0) is 19.2 Å². The van der Waals surface area contributed by atoms with Crippen molar-refractivity contribution in [3.63, 3.8) is 0 Å². The molecule has 0 unspecified atom stereocenters. The van der Waals surface area contributed by atoms with Crippen molar-refractivity contribution in [2.24, 2.45) is 0 Å². The first kappa shape index (κ1) is 28.2. The summed E-state index contributed by atoms with van der Waals surface area (Å²) in [5, 5.41) is 5.67.